The van der Waals surface area contributed by atoms with Gasteiger partial charge in [-0.1, -0.05) is 6.07 Å². The van der Waals surface area contributed by atoms with Gasteiger partial charge in [-0.05, 0) is 25.2 Å². The van der Waals surface area contributed by atoms with Crippen LogP contribution in [0, 0.1) is 0 Å². The summed E-state index contributed by atoms with van der Waals surface area (Å²) in [5.41, 5.74) is 3.20. The van der Waals surface area contributed by atoms with Crippen molar-refractivity contribution >= 4 is 16.7 Å². The van der Waals surface area contributed by atoms with E-state index in [1.165, 1.54) is 11.3 Å². The lowest BCUT2D eigenvalue weighted by Gasteiger charge is -2.35. The lowest BCUT2D eigenvalue weighted by atomic mass is 10.0. The highest BCUT2D eigenvalue weighted by Gasteiger charge is 2.27. The fourth-order valence-corrected chi connectivity index (χ4v) is 4.70. The molecule has 6 nitrogen and oxygen atoms in total. The van der Waals surface area contributed by atoms with Gasteiger partial charge in [0, 0.05) is 62.6 Å². The van der Waals surface area contributed by atoms with Crippen molar-refractivity contribution in [2.75, 3.05) is 31.6 Å². The highest BCUT2D eigenvalue weighted by molar-refractivity contribution is 5.86. The molecule has 0 atom stereocenters. The fraction of sp³-hybridized carbons (Fsp3) is 0.478. The second kappa shape index (κ2) is 8.42. The number of benzene rings is 1. The lowest BCUT2D eigenvalue weighted by molar-refractivity contribution is 0.128. The zero-order valence-electron chi connectivity index (χ0n) is 17.7. The summed E-state index contributed by atoms with van der Waals surface area (Å²) >= 11 is 0. The molecule has 2 aliphatic rings. The number of ether oxygens (including phenoxy) is 1. The minimum atomic E-state index is -2.38. The van der Waals surface area contributed by atoms with Crippen molar-refractivity contribution in [3.05, 3.63) is 48.0 Å². The minimum absolute atomic E-state index is 0.0978. The van der Waals surface area contributed by atoms with Crippen LogP contribution in [-0.2, 0) is 19.5 Å². The Morgan fingerprint density at radius 3 is 2.77 bits per heavy atom. The lowest BCUT2D eigenvalue weighted by Crippen LogP contribution is -2.40. The van der Waals surface area contributed by atoms with Crippen LogP contribution in [0.5, 0.6) is 5.75 Å². The third kappa shape index (κ3) is 4.08. The van der Waals surface area contributed by atoms with E-state index in [0.29, 0.717) is 0 Å². The number of hydrogen-bond donors (Lipinski definition) is 0. The van der Waals surface area contributed by atoms with Gasteiger partial charge in [-0.25, -0.2) is 18.7 Å². The Hall–Kier alpha value is -2.74. The predicted octanol–water partition coefficient (Wildman–Crippen LogP) is 3.73. The number of piperidine rings is 1. The smallest absolute Gasteiger partial charge is 0.256 e. The Morgan fingerprint density at radius 2 is 1.97 bits per heavy atom. The minimum Gasteiger partial charge on any atom is -0.490 e. The van der Waals surface area contributed by atoms with Gasteiger partial charge in [0.25, 0.3) is 6.43 Å². The predicted molar refractivity (Wildman–Crippen MR) is 116 cm³/mol. The van der Waals surface area contributed by atoms with E-state index in [4.69, 9.17) is 4.74 Å². The molecular formula is C23H27F2N5O. The first kappa shape index (κ1) is 20.2. The molecule has 1 fully saturated rings. The first-order valence-corrected chi connectivity index (χ1v) is 10.9. The maximum atomic E-state index is 12.8. The second-order valence-corrected chi connectivity index (χ2v) is 8.46. The summed E-state index contributed by atoms with van der Waals surface area (Å²) in [6.45, 7) is 3.37. The topological polar surface area (TPSA) is 46.4 Å². The number of halogens is 2. The van der Waals surface area contributed by atoms with Gasteiger partial charge in [0.15, 0.2) is 0 Å². The number of anilines is 1. The van der Waals surface area contributed by atoms with E-state index in [1.807, 2.05) is 24.3 Å². The Balaban J connectivity index is 1.28. The zero-order chi connectivity index (χ0) is 21.4. The second-order valence-electron chi connectivity index (χ2n) is 8.46. The molecule has 0 saturated carbocycles. The van der Waals surface area contributed by atoms with Gasteiger partial charge in [0.2, 0.25) is 0 Å². The Kier molecular flexibility index (Phi) is 5.48. The molecule has 0 aliphatic carbocycles. The average molecular weight is 427 g/mol. The van der Waals surface area contributed by atoms with Crippen LogP contribution < -0.4 is 9.64 Å². The van der Waals surface area contributed by atoms with Gasteiger partial charge in [-0.2, -0.15) is 0 Å². The molecule has 31 heavy (non-hydrogen) atoms. The number of nitrogens with zero attached hydrogens (tertiary/aromatic N) is 5. The summed E-state index contributed by atoms with van der Waals surface area (Å²) in [4.78, 5) is 13.8. The first-order chi connectivity index (χ1) is 15.1. The maximum Gasteiger partial charge on any atom is 0.256 e. The van der Waals surface area contributed by atoms with Crippen molar-refractivity contribution < 1.29 is 13.5 Å². The van der Waals surface area contributed by atoms with E-state index >= 15 is 0 Å². The van der Waals surface area contributed by atoms with Gasteiger partial charge in [-0.3, -0.25) is 0 Å². The van der Waals surface area contributed by atoms with Crippen LogP contribution in [0.3, 0.4) is 0 Å². The summed E-state index contributed by atoms with van der Waals surface area (Å²) in [6.07, 6.45) is 3.87. The fourth-order valence-electron chi connectivity index (χ4n) is 4.70. The molecule has 1 saturated heterocycles. The zero-order valence-corrected chi connectivity index (χ0v) is 17.7. The van der Waals surface area contributed by atoms with Gasteiger partial charge in [-0.15, -0.1) is 0 Å². The van der Waals surface area contributed by atoms with Crippen molar-refractivity contribution in [1.29, 1.82) is 0 Å². The van der Waals surface area contributed by atoms with E-state index in [2.05, 4.69) is 26.8 Å². The molecule has 0 unspecified atom stereocenters. The molecule has 3 aromatic rings. The highest BCUT2D eigenvalue weighted by Crippen LogP contribution is 2.31. The molecule has 0 bridgehead atoms. The van der Waals surface area contributed by atoms with E-state index < -0.39 is 6.43 Å². The SMILES string of the molecule is CN1CCc2ncnc(N3CCC(Oc4cccc5c4ccn5CC(F)F)CC3)c2C1. The molecule has 1 aromatic carbocycles. The molecule has 5 rings (SSSR count). The number of likely N-dealkylation sites (N-methyl/N-ethyl adjacent to an activating group) is 1. The van der Waals surface area contributed by atoms with Gasteiger partial charge >= 0.3 is 0 Å². The van der Waals surface area contributed by atoms with Crippen LogP contribution in [0.2, 0.25) is 0 Å². The summed E-state index contributed by atoms with van der Waals surface area (Å²) < 4.78 is 33.6. The van der Waals surface area contributed by atoms with Crippen molar-refractivity contribution in [2.45, 2.75) is 44.9 Å². The third-order valence-electron chi connectivity index (χ3n) is 6.31. The Morgan fingerprint density at radius 1 is 1.13 bits per heavy atom. The molecule has 0 amide bonds. The summed E-state index contributed by atoms with van der Waals surface area (Å²) in [5, 5.41) is 0.887. The van der Waals surface area contributed by atoms with Gasteiger partial charge in [0.05, 0.1) is 17.8 Å². The average Bonchev–Trinajstić information content (AvgIpc) is 3.17. The van der Waals surface area contributed by atoms with Crippen molar-refractivity contribution in [1.82, 2.24) is 19.4 Å². The van der Waals surface area contributed by atoms with Crippen LogP contribution in [0.15, 0.2) is 36.8 Å². The monoisotopic (exact) mass is 427 g/mol. The number of hydrogen-bond acceptors (Lipinski definition) is 5. The third-order valence-corrected chi connectivity index (χ3v) is 6.31. The van der Waals surface area contributed by atoms with Crippen LogP contribution in [0.25, 0.3) is 10.9 Å². The molecule has 164 valence electrons. The first-order valence-electron chi connectivity index (χ1n) is 10.9. The standard InChI is InChI=1S/C23H27F2N5O/c1-28-9-8-19-18(13-28)23(27-15-26-19)29-10-5-16(6-11-29)31-21-4-2-3-20-17(21)7-12-30(20)14-22(24)25/h2-4,7,12,15-16,22H,5-6,8-11,13-14H2,1H3. The number of alkyl halides is 2. The molecule has 4 heterocycles. The van der Waals surface area contributed by atoms with Gasteiger partial charge in [0.1, 0.15) is 24.0 Å². The van der Waals surface area contributed by atoms with Gasteiger partial charge < -0.3 is 19.1 Å². The number of rotatable bonds is 5. The maximum absolute atomic E-state index is 12.8. The molecule has 2 aliphatic heterocycles. The summed E-state index contributed by atoms with van der Waals surface area (Å²) in [7, 11) is 2.13. The van der Waals surface area contributed by atoms with Crippen molar-refractivity contribution in [3.8, 4) is 5.75 Å². The molecule has 8 heteroatoms. The number of aromatic nitrogens is 3. The van der Waals surface area contributed by atoms with Crippen LogP contribution in [-0.4, -0.2) is 58.6 Å². The molecule has 2 aromatic heterocycles. The van der Waals surface area contributed by atoms with E-state index in [0.717, 1.165) is 67.9 Å². The van der Waals surface area contributed by atoms with Crippen LogP contribution in [0.4, 0.5) is 14.6 Å². The summed E-state index contributed by atoms with van der Waals surface area (Å²) in [5.74, 6) is 1.83. The molecule has 0 spiro atoms. The van der Waals surface area contributed by atoms with E-state index in [-0.39, 0.29) is 12.6 Å². The number of fused-ring (bicyclic) bond motifs is 2. The van der Waals surface area contributed by atoms with Crippen molar-refractivity contribution in [3.63, 3.8) is 0 Å². The quantitative estimate of drug-likeness (QED) is 0.621. The van der Waals surface area contributed by atoms with Crippen molar-refractivity contribution in [2.24, 2.45) is 0 Å². The van der Waals surface area contributed by atoms with Crippen LogP contribution >= 0.6 is 0 Å². The molecule has 0 radical (unpaired) electrons. The van der Waals surface area contributed by atoms with E-state index in [1.54, 1.807) is 17.1 Å². The summed E-state index contributed by atoms with van der Waals surface area (Å²) in [6, 6.07) is 7.53. The molecular weight excluding hydrogens is 400 g/mol. The molecule has 0 N–H and O–H groups in total. The van der Waals surface area contributed by atoms with Crippen LogP contribution in [0.1, 0.15) is 24.1 Å². The Labute approximate surface area is 180 Å². The van der Waals surface area contributed by atoms with E-state index in [9.17, 15) is 8.78 Å². The highest BCUT2D eigenvalue weighted by atomic mass is 19.3. The Bertz CT molecular complexity index is 1060. The largest absolute Gasteiger partial charge is 0.490 e. The normalized spacial score (nSPS) is 18.0.